The zero-order valence-corrected chi connectivity index (χ0v) is 18.0. The highest BCUT2D eigenvalue weighted by atomic mass is 79.9. The predicted octanol–water partition coefficient (Wildman–Crippen LogP) is 4.04. The van der Waals surface area contributed by atoms with Gasteiger partial charge in [0, 0.05) is 36.2 Å². The Labute approximate surface area is 175 Å². The highest BCUT2D eigenvalue weighted by molar-refractivity contribution is 9.10. The maximum atomic E-state index is 12.7. The second-order valence-corrected chi connectivity index (χ2v) is 8.32. The molecule has 1 fully saturated rings. The summed E-state index contributed by atoms with van der Waals surface area (Å²) in [5.41, 5.74) is 1.53. The van der Waals surface area contributed by atoms with Gasteiger partial charge in [-0.25, -0.2) is 4.98 Å². The number of thiazole rings is 1. The minimum absolute atomic E-state index is 0.0692. The van der Waals surface area contributed by atoms with Crippen LogP contribution in [0.15, 0.2) is 40.9 Å². The topological polar surface area (TPSA) is 54.9 Å². The Bertz CT molecular complexity index is 957. The van der Waals surface area contributed by atoms with Crippen molar-refractivity contribution in [3.05, 3.63) is 46.4 Å². The van der Waals surface area contributed by atoms with E-state index in [1.165, 1.54) is 0 Å². The highest BCUT2D eigenvalue weighted by Crippen LogP contribution is 2.40. The van der Waals surface area contributed by atoms with Crippen LogP contribution in [0, 0.1) is 0 Å². The average Bonchev–Trinajstić information content (AvgIpc) is 3.19. The molecule has 4 rings (SSSR count). The summed E-state index contributed by atoms with van der Waals surface area (Å²) in [5, 5.41) is 0.925. The van der Waals surface area contributed by atoms with Gasteiger partial charge in [0.25, 0.3) is 5.91 Å². The number of halogens is 1. The molecule has 3 aromatic rings. The first-order valence-corrected chi connectivity index (χ1v) is 10.5. The molecule has 1 saturated heterocycles. The average molecular weight is 462 g/mol. The number of methoxy groups -OCH3 is 2. The summed E-state index contributed by atoms with van der Waals surface area (Å²) in [7, 11) is 3.31. The lowest BCUT2D eigenvalue weighted by Gasteiger charge is -2.34. The number of carbonyl (C=O) groups excluding carboxylic acids is 1. The monoisotopic (exact) mass is 461 g/mol. The van der Waals surface area contributed by atoms with Crippen molar-refractivity contribution >= 4 is 48.5 Å². The van der Waals surface area contributed by atoms with Crippen molar-refractivity contribution in [2.45, 2.75) is 0 Å². The Balaban J connectivity index is 1.50. The largest absolute Gasteiger partial charge is 0.495 e. The van der Waals surface area contributed by atoms with E-state index in [1.54, 1.807) is 25.6 Å². The maximum absolute atomic E-state index is 12.7. The second-order valence-electron chi connectivity index (χ2n) is 6.43. The molecule has 1 amide bonds. The molecule has 0 bridgehead atoms. The zero-order chi connectivity index (χ0) is 19.7. The number of hydrogen-bond acceptors (Lipinski definition) is 6. The Morgan fingerprint density at radius 1 is 1.00 bits per heavy atom. The summed E-state index contributed by atoms with van der Waals surface area (Å²) >= 11 is 5.00. The van der Waals surface area contributed by atoms with Gasteiger partial charge in [-0.1, -0.05) is 27.3 Å². The lowest BCUT2D eigenvalue weighted by atomic mass is 10.2. The van der Waals surface area contributed by atoms with Gasteiger partial charge in [0.2, 0.25) is 0 Å². The number of nitrogens with zero attached hydrogens (tertiary/aromatic N) is 3. The molecule has 2 heterocycles. The Hall–Kier alpha value is -2.32. The van der Waals surface area contributed by atoms with Crippen molar-refractivity contribution < 1.29 is 14.3 Å². The van der Waals surface area contributed by atoms with E-state index in [2.05, 4.69) is 20.8 Å². The molecule has 0 N–H and O–H groups in total. The van der Waals surface area contributed by atoms with Gasteiger partial charge < -0.3 is 19.3 Å². The first-order valence-electron chi connectivity index (χ1n) is 8.92. The van der Waals surface area contributed by atoms with E-state index >= 15 is 0 Å². The van der Waals surface area contributed by atoms with Crippen molar-refractivity contribution in [1.29, 1.82) is 0 Å². The fourth-order valence-electron chi connectivity index (χ4n) is 3.29. The van der Waals surface area contributed by atoms with Crippen LogP contribution in [0.3, 0.4) is 0 Å². The van der Waals surface area contributed by atoms with Crippen LogP contribution >= 0.6 is 27.3 Å². The van der Waals surface area contributed by atoms with Crippen molar-refractivity contribution in [1.82, 2.24) is 9.88 Å². The zero-order valence-electron chi connectivity index (χ0n) is 15.6. The number of carbonyl (C=O) groups is 1. The summed E-state index contributed by atoms with van der Waals surface area (Å²) in [6, 6.07) is 11.3. The Morgan fingerprint density at radius 2 is 1.64 bits per heavy atom. The SMILES string of the molecule is COc1ccc(OC)c2sc(N3CCN(C(=O)c4ccc(Br)cc4)CC3)nc12. The summed E-state index contributed by atoms with van der Waals surface area (Å²) in [6.07, 6.45) is 0. The van der Waals surface area contributed by atoms with Gasteiger partial charge >= 0.3 is 0 Å². The smallest absolute Gasteiger partial charge is 0.253 e. The van der Waals surface area contributed by atoms with Crippen LogP contribution in [0.5, 0.6) is 11.5 Å². The Morgan fingerprint density at radius 3 is 2.29 bits per heavy atom. The summed E-state index contributed by atoms with van der Waals surface area (Å²) in [6.45, 7) is 2.82. The van der Waals surface area contributed by atoms with Crippen molar-refractivity contribution in [3.8, 4) is 11.5 Å². The molecule has 0 saturated carbocycles. The normalized spacial score (nSPS) is 14.4. The fourth-order valence-corrected chi connectivity index (χ4v) is 4.68. The number of anilines is 1. The molecule has 0 atom stereocenters. The van der Waals surface area contributed by atoms with E-state index in [0.717, 1.165) is 44.4 Å². The van der Waals surface area contributed by atoms with Crippen molar-refractivity contribution in [2.24, 2.45) is 0 Å². The minimum Gasteiger partial charge on any atom is -0.495 e. The van der Waals surface area contributed by atoms with Crippen LogP contribution in [0.25, 0.3) is 10.2 Å². The Kier molecular flexibility index (Phi) is 5.41. The highest BCUT2D eigenvalue weighted by Gasteiger charge is 2.25. The van der Waals surface area contributed by atoms with Crippen molar-refractivity contribution in [2.75, 3.05) is 45.3 Å². The molecule has 28 heavy (non-hydrogen) atoms. The number of piperazine rings is 1. The summed E-state index contributed by atoms with van der Waals surface area (Å²) < 4.78 is 12.9. The molecular weight excluding hydrogens is 442 g/mol. The summed E-state index contributed by atoms with van der Waals surface area (Å²) in [5.74, 6) is 1.60. The van der Waals surface area contributed by atoms with Crippen LogP contribution in [0.2, 0.25) is 0 Å². The predicted molar refractivity (Wildman–Crippen MR) is 115 cm³/mol. The van der Waals surface area contributed by atoms with Gasteiger partial charge in [-0.2, -0.15) is 0 Å². The van der Waals surface area contributed by atoms with E-state index in [-0.39, 0.29) is 5.91 Å². The molecule has 0 aliphatic carbocycles. The number of hydrogen-bond donors (Lipinski definition) is 0. The molecule has 1 aliphatic heterocycles. The fraction of sp³-hybridized carbons (Fsp3) is 0.300. The van der Waals surface area contributed by atoms with E-state index in [0.29, 0.717) is 18.7 Å². The lowest BCUT2D eigenvalue weighted by molar-refractivity contribution is 0.0747. The van der Waals surface area contributed by atoms with Crippen molar-refractivity contribution in [3.63, 3.8) is 0 Å². The van der Waals surface area contributed by atoms with Gasteiger partial charge in [-0.05, 0) is 36.4 Å². The number of ether oxygens (including phenoxy) is 2. The first-order chi connectivity index (χ1) is 13.6. The molecule has 0 unspecified atom stereocenters. The molecule has 0 radical (unpaired) electrons. The van der Waals surface area contributed by atoms with E-state index < -0.39 is 0 Å². The number of benzene rings is 2. The van der Waals surface area contributed by atoms with Crippen LogP contribution in [0.4, 0.5) is 5.13 Å². The van der Waals surface area contributed by atoms with Crippen LogP contribution in [-0.4, -0.2) is 56.2 Å². The third-order valence-corrected chi connectivity index (χ3v) is 6.49. The first kappa shape index (κ1) is 19.0. The molecule has 2 aromatic carbocycles. The van der Waals surface area contributed by atoms with Gasteiger partial charge in [-0.15, -0.1) is 0 Å². The van der Waals surface area contributed by atoms with E-state index in [9.17, 15) is 4.79 Å². The van der Waals surface area contributed by atoms with Gasteiger partial charge in [0.05, 0.1) is 14.2 Å². The van der Waals surface area contributed by atoms with Gasteiger partial charge in [0.1, 0.15) is 21.7 Å². The summed E-state index contributed by atoms with van der Waals surface area (Å²) in [4.78, 5) is 21.6. The van der Waals surface area contributed by atoms with Crippen LogP contribution in [-0.2, 0) is 0 Å². The lowest BCUT2D eigenvalue weighted by Crippen LogP contribution is -2.48. The maximum Gasteiger partial charge on any atom is 0.253 e. The standard InChI is InChI=1S/C20H20BrN3O3S/c1-26-15-7-8-16(27-2)18-17(15)22-20(28-18)24-11-9-23(10-12-24)19(25)13-3-5-14(21)6-4-13/h3-8H,9-12H2,1-2H3. The van der Waals surface area contributed by atoms with E-state index in [4.69, 9.17) is 14.5 Å². The minimum atomic E-state index is 0.0692. The van der Waals surface area contributed by atoms with Gasteiger partial charge in [0.15, 0.2) is 5.13 Å². The molecule has 0 spiro atoms. The van der Waals surface area contributed by atoms with Crippen LogP contribution in [0.1, 0.15) is 10.4 Å². The quantitative estimate of drug-likeness (QED) is 0.586. The number of fused-ring (bicyclic) bond motifs is 1. The molecule has 1 aliphatic rings. The molecular formula is C20H20BrN3O3S. The molecule has 8 heteroatoms. The second kappa shape index (κ2) is 7.97. The van der Waals surface area contributed by atoms with E-state index in [1.807, 2.05) is 41.3 Å². The van der Waals surface area contributed by atoms with Gasteiger partial charge in [-0.3, -0.25) is 4.79 Å². The number of aromatic nitrogens is 1. The molecule has 6 nitrogen and oxygen atoms in total. The molecule has 1 aromatic heterocycles. The van der Waals surface area contributed by atoms with Crippen LogP contribution < -0.4 is 14.4 Å². The number of rotatable bonds is 4. The molecule has 146 valence electrons. The third kappa shape index (κ3) is 3.54. The number of amides is 1. The third-order valence-electron chi connectivity index (χ3n) is 4.83.